The number of nitro benzene ring substituents is 2. The van der Waals surface area contributed by atoms with Crippen LogP contribution in [0.15, 0.2) is 71.8 Å². The quantitative estimate of drug-likeness (QED) is 0.301. The van der Waals surface area contributed by atoms with Gasteiger partial charge in [-0.1, -0.05) is 41.9 Å². The largest absolute Gasteiger partial charge is 0.488 e. The highest BCUT2D eigenvalue weighted by atomic mass is 35.5. The first-order chi connectivity index (χ1) is 14.4. The van der Waals surface area contributed by atoms with E-state index in [0.717, 1.165) is 17.7 Å². The van der Waals surface area contributed by atoms with Gasteiger partial charge in [0.1, 0.15) is 18.0 Å². The first kappa shape index (κ1) is 20.7. The van der Waals surface area contributed by atoms with Crippen LogP contribution in [-0.2, 0) is 6.61 Å². The Morgan fingerprint density at radius 2 is 1.77 bits per heavy atom. The van der Waals surface area contributed by atoms with E-state index in [1.807, 2.05) is 30.3 Å². The molecule has 3 rings (SSSR count). The smallest absolute Gasteiger partial charge is 0.301 e. The number of non-ortho nitro benzene ring substituents is 1. The molecule has 30 heavy (non-hydrogen) atoms. The van der Waals surface area contributed by atoms with E-state index in [1.54, 1.807) is 18.2 Å². The third-order valence-corrected chi connectivity index (χ3v) is 4.22. The van der Waals surface area contributed by atoms with Gasteiger partial charge in [-0.3, -0.25) is 25.7 Å². The summed E-state index contributed by atoms with van der Waals surface area (Å²) in [5.74, 6) is 0.520. The fraction of sp³-hybridized carbons (Fsp3) is 0.0500. The SMILES string of the molecule is O=[N+]([O-])c1ccc(N/N=C/c2cc(Cl)ccc2OCc2ccccc2)c([N+](=O)[O-])c1. The third-order valence-electron chi connectivity index (χ3n) is 3.99. The first-order valence-corrected chi connectivity index (χ1v) is 9.00. The molecule has 0 aliphatic rings. The molecular weight excluding hydrogens is 412 g/mol. The van der Waals surface area contributed by atoms with Gasteiger partial charge in [-0.05, 0) is 29.8 Å². The fourth-order valence-corrected chi connectivity index (χ4v) is 2.72. The van der Waals surface area contributed by atoms with Crippen LogP contribution in [0, 0.1) is 20.2 Å². The summed E-state index contributed by atoms with van der Waals surface area (Å²) in [7, 11) is 0. The van der Waals surface area contributed by atoms with E-state index < -0.39 is 15.5 Å². The molecule has 3 aromatic rings. The van der Waals surface area contributed by atoms with Crippen molar-refractivity contribution in [2.45, 2.75) is 6.61 Å². The Hall–Kier alpha value is -3.98. The molecule has 0 atom stereocenters. The number of benzene rings is 3. The summed E-state index contributed by atoms with van der Waals surface area (Å²) in [5, 5.41) is 26.5. The maximum Gasteiger partial charge on any atom is 0.301 e. The predicted octanol–water partition coefficient (Wildman–Crippen LogP) is 5.18. The Kier molecular flexibility index (Phi) is 6.56. The van der Waals surface area contributed by atoms with Crippen LogP contribution in [0.1, 0.15) is 11.1 Å². The third kappa shape index (κ3) is 5.30. The zero-order chi connectivity index (χ0) is 21.5. The Balaban J connectivity index is 1.78. The molecular formula is C20H15ClN4O5. The summed E-state index contributed by atoms with van der Waals surface area (Å²) >= 11 is 6.05. The van der Waals surface area contributed by atoms with Crippen LogP contribution in [0.3, 0.4) is 0 Å². The maximum atomic E-state index is 11.2. The number of halogens is 1. The van der Waals surface area contributed by atoms with Gasteiger partial charge in [0.15, 0.2) is 0 Å². The van der Waals surface area contributed by atoms with E-state index in [2.05, 4.69) is 10.5 Å². The highest BCUT2D eigenvalue weighted by molar-refractivity contribution is 6.30. The summed E-state index contributed by atoms with van der Waals surface area (Å²) in [6.07, 6.45) is 1.40. The average Bonchev–Trinajstić information content (AvgIpc) is 2.73. The van der Waals surface area contributed by atoms with Crippen LogP contribution in [0.5, 0.6) is 5.75 Å². The molecule has 0 saturated carbocycles. The van der Waals surface area contributed by atoms with E-state index in [-0.39, 0.29) is 11.4 Å². The minimum Gasteiger partial charge on any atom is -0.488 e. The Bertz CT molecular complexity index is 1110. The van der Waals surface area contributed by atoms with E-state index in [1.165, 1.54) is 12.3 Å². The number of hydrazone groups is 1. The molecule has 0 amide bonds. The van der Waals surface area contributed by atoms with Gasteiger partial charge in [0, 0.05) is 16.7 Å². The van der Waals surface area contributed by atoms with Crippen molar-refractivity contribution in [1.29, 1.82) is 0 Å². The lowest BCUT2D eigenvalue weighted by Crippen LogP contribution is -2.00. The summed E-state index contributed by atoms with van der Waals surface area (Å²) in [6.45, 7) is 0.338. The predicted molar refractivity (Wildman–Crippen MR) is 113 cm³/mol. The second kappa shape index (κ2) is 9.48. The van der Waals surface area contributed by atoms with Gasteiger partial charge in [0.2, 0.25) is 0 Å². The van der Waals surface area contributed by atoms with Crippen molar-refractivity contribution >= 4 is 34.9 Å². The highest BCUT2D eigenvalue weighted by Gasteiger charge is 2.19. The van der Waals surface area contributed by atoms with E-state index in [0.29, 0.717) is 22.9 Å². The molecule has 0 aliphatic heterocycles. The molecule has 0 heterocycles. The van der Waals surface area contributed by atoms with Crippen LogP contribution < -0.4 is 10.2 Å². The molecule has 3 aromatic carbocycles. The second-order valence-corrected chi connectivity index (χ2v) is 6.48. The summed E-state index contributed by atoms with van der Waals surface area (Å²) in [4.78, 5) is 20.6. The van der Waals surface area contributed by atoms with Gasteiger partial charge < -0.3 is 4.74 Å². The minimum atomic E-state index is -0.724. The van der Waals surface area contributed by atoms with E-state index in [9.17, 15) is 20.2 Å². The zero-order valence-electron chi connectivity index (χ0n) is 15.4. The van der Waals surface area contributed by atoms with Crippen molar-refractivity contribution in [1.82, 2.24) is 0 Å². The van der Waals surface area contributed by atoms with Crippen LogP contribution in [-0.4, -0.2) is 16.1 Å². The van der Waals surface area contributed by atoms with Crippen molar-refractivity contribution in [3.63, 3.8) is 0 Å². The standard InChI is InChI=1S/C20H15ClN4O5/c21-16-6-9-20(30-13-14-4-2-1-3-5-14)15(10-16)12-22-23-18-8-7-17(24(26)27)11-19(18)25(28)29/h1-12,23H,13H2/b22-12+. The van der Waals surface area contributed by atoms with Crippen LogP contribution in [0.25, 0.3) is 0 Å². The molecule has 0 bridgehead atoms. The molecule has 0 fully saturated rings. The summed E-state index contributed by atoms with van der Waals surface area (Å²) in [5.41, 5.74) is 3.23. The maximum absolute atomic E-state index is 11.2. The number of nitrogens with one attached hydrogen (secondary N) is 1. The lowest BCUT2D eigenvalue weighted by atomic mass is 10.2. The zero-order valence-corrected chi connectivity index (χ0v) is 16.2. The second-order valence-electron chi connectivity index (χ2n) is 6.04. The number of hydrogen-bond acceptors (Lipinski definition) is 7. The van der Waals surface area contributed by atoms with Gasteiger partial charge >= 0.3 is 5.69 Å². The summed E-state index contributed by atoms with van der Waals surface area (Å²) in [6, 6.07) is 17.8. The number of nitro groups is 2. The summed E-state index contributed by atoms with van der Waals surface area (Å²) < 4.78 is 5.82. The number of rotatable bonds is 8. The van der Waals surface area contributed by atoms with Crippen molar-refractivity contribution in [3.05, 3.63) is 103 Å². The molecule has 0 unspecified atom stereocenters. The van der Waals surface area contributed by atoms with E-state index >= 15 is 0 Å². The minimum absolute atomic E-state index is 0.00984. The lowest BCUT2D eigenvalue weighted by Gasteiger charge is -2.09. The van der Waals surface area contributed by atoms with Crippen molar-refractivity contribution in [2.75, 3.05) is 5.43 Å². The highest BCUT2D eigenvalue weighted by Crippen LogP contribution is 2.29. The Morgan fingerprint density at radius 3 is 2.47 bits per heavy atom. The molecule has 0 spiro atoms. The van der Waals surface area contributed by atoms with Crippen LogP contribution in [0.4, 0.5) is 17.1 Å². The molecule has 10 heteroatoms. The number of ether oxygens (including phenoxy) is 1. The number of hydrogen-bond donors (Lipinski definition) is 1. The average molecular weight is 427 g/mol. The lowest BCUT2D eigenvalue weighted by molar-refractivity contribution is -0.393. The number of anilines is 1. The van der Waals surface area contributed by atoms with Gasteiger partial charge in [-0.2, -0.15) is 5.10 Å². The van der Waals surface area contributed by atoms with Gasteiger partial charge in [0.05, 0.1) is 22.1 Å². The Morgan fingerprint density at radius 1 is 1.00 bits per heavy atom. The van der Waals surface area contributed by atoms with Crippen LogP contribution in [0.2, 0.25) is 5.02 Å². The van der Waals surface area contributed by atoms with Crippen molar-refractivity contribution in [3.8, 4) is 5.75 Å². The first-order valence-electron chi connectivity index (χ1n) is 8.62. The Labute approximate surface area is 175 Å². The van der Waals surface area contributed by atoms with Gasteiger partial charge in [-0.25, -0.2) is 0 Å². The van der Waals surface area contributed by atoms with Crippen molar-refractivity contribution < 1.29 is 14.6 Å². The molecule has 0 aliphatic carbocycles. The van der Waals surface area contributed by atoms with Crippen LogP contribution >= 0.6 is 11.6 Å². The monoisotopic (exact) mass is 426 g/mol. The van der Waals surface area contributed by atoms with E-state index in [4.69, 9.17) is 16.3 Å². The van der Waals surface area contributed by atoms with Gasteiger partial charge in [-0.15, -0.1) is 0 Å². The fourth-order valence-electron chi connectivity index (χ4n) is 2.54. The topological polar surface area (TPSA) is 120 Å². The van der Waals surface area contributed by atoms with Crippen molar-refractivity contribution in [2.24, 2.45) is 5.10 Å². The molecule has 1 N–H and O–H groups in total. The molecule has 0 radical (unpaired) electrons. The molecule has 0 saturated heterocycles. The molecule has 9 nitrogen and oxygen atoms in total. The molecule has 152 valence electrons. The number of nitrogens with zero attached hydrogens (tertiary/aromatic N) is 3. The normalized spacial score (nSPS) is 10.7. The molecule has 0 aromatic heterocycles. The van der Waals surface area contributed by atoms with Gasteiger partial charge in [0.25, 0.3) is 5.69 Å².